The largest absolute Gasteiger partial charge is 0.497 e. The summed E-state index contributed by atoms with van der Waals surface area (Å²) >= 11 is 6.07. The van der Waals surface area contributed by atoms with Crippen molar-refractivity contribution < 1.29 is 14.3 Å². The third-order valence-corrected chi connectivity index (χ3v) is 3.11. The minimum Gasteiger partial charge on any atom is -0.497 e. The van der Waals surface area contributed by atoms with Gasteiger partial charge in [0.1, 0.15) is 11.5 Å². The molecule has 1 atom stereocenters. The maximum Gasteiger partial charge on any atom is 0.255 e. The Kier molecular flexibility index (Phi) is 6.50. The standard InChI is InChI=1S/C14H20ClNO3/c1-4-5-10(15)9-16-14(17)12-8-11(18-2)6-7-13(12)19-3/h6-8,10H,4-5,9H2,1-3H3,(H,16,17). The fourth-order valence-corrected chi connectivity index (χ4v) is 2.00. The number of carbonyl (C=O) groups excluding carboxylic acids is 1. The Hall–Kier alpha value is -1.42. The first-order chi connectivity index (χ1) is 9.12. The van der Waals surface area contributed by atoms with Gasteiger partial charge in [0, 0.05) is 6.54 Å². The monoisotopic (exact) mass is 285 g/mol. The highest BCUT2D eigenvalue weighted by Crippen LogP contribution is 2.23. The Morgan fingerprint density at radius 1 is 1.37 bits per heavy atom. The van der Waals surface area contributed by atoms with Gasteiger partial charge in [0.15, 0.2) is 0 Å². The van der Waals surface area contributed by atoms with Crippen LogP contribution in [0.3, 0.4) is 0 Å². The van der Waals surface area contributed by atoms with E-state index in [4.69, 9.17) is 21.1 Å². The van der Waals surface area contributed by atoms with Crippen LogP contribution >= 0.6 is 11.6 Å². The average molecular weight is 286 g/mol. The summed E-state index contributed by atoms with van der Waals surface area (Å²) in [6.07, 6.45) is 1.86. The molecule has 0 spiro atoms. The number of alkyl halides is 1. The highest BCUT2D eigenvalue weighted by Gasteiger charge is 2.14. The number of hydrogen-bond acceptors (Lipinski definition) is 3. The Balaban J connectivity index is 2.74. The van der Waals surface area contributed by atoms with Crippen LogP contribution in [0.1, 0.15) is 30.1 Å². The molecule has 0 heterocycles. The second kappa shape index (κ2) is 7.89. The van der Waals surface area contributed by atoms with E-state index in [2.05, 4.69) is 12.2 Å². The third kappa shape index (κ3) is 4.63. The minimum absolute atomic E-state index is 0.0504. The summed E-state index contributed by atoms with van der Waals surface area (Å²) in [6.45, 7) is 2.50. The van der Waals surface area contributed by atoms with E-state index in [0.717, 1.165) is 12.8 Å². The quantitative estimate of drug-likeness (QED) is 0.784. The van der Waals surface area contributed by atoms with Crippen molar-refractivity contribution in [2.24, 2.45) is 0 Å². The van der Waals surface area contributed by atoms with Crippen LogP contribution in [0.2, 0.25) is 0 Å². The molecule has 0 aliphatic heterocycles. The van der Waals surface area contributed by atoms with Crippen LogP contribution in [0.4, 0.5) is 0 Å². The molecular formula is C14H20ClNO3. The summed E-state index contributed by atoms with van der Waals surface area (Å²) in [5, 5.41) is 2.75. The summed E-state index contributed by atoms with van der Waals surface area (Å²) in [5.74, 6) is 0.916. The summed E-state index contributed by atoms with van der Waals surface area (Å²) in [7, 11) is 3.08. The number of halogens is 1. The van der Waals surface area contributed by atoms with Crippen molar-refractivity contribution in [2.45, 2.75) is 25.1 Å². The molecule has 1 aromatic rings. The number of methoxy groups -OCH3 is 2. The lowest BCUT2D eigenvalue weighted by Crippen LogP contribution is -2.30. The van der Waals surface area contributed by atoms with Crippen LogP contribution in [0, 0.1) is 0 Å². The molecule has 0 radical (unpaired) electrons. The molecule has 1 rings (SSSR count). The van der Waals surface area contributed by atoms with Crippen LogP contribution in [0.25, 0.3) is 0 Å². The fraction of sp³-hybridized carbons (Fsp3) is 0.500. The van der Waals surface area contributed by atoms with Gasteiger partial charge in [-0.25, -0.2) is 0 Å². The van der Waals surface area contributed by atoms with Gasteiger partial charge in [-0.1, -0.05) is 13.3 Å². The van der Waals surface area contributed by atoms with Crippen molar-refractivity contribution in [3.8, 4) is 11.5 Å². The van der Waals surface area contributed by atoms with Gasteiger partial charge < -0.3 is 14.8 Å². The van der Waals surface area contributed by atoms with Crippen LogP contribution in [-0.2, 0) is 0 Å². The van der Waals surface area contributed by atoms with Gasteiger partial charge >= 0.3 is 0 Å². The molecule has 0 aromatic heterocycles. The number of rotatable bonds is 7. The van der Waals surface area contributed by atoms with E-state index in [1.165, 1.54) is 7.11 Å². The number of amides is 1. The van der Waals surface area contributed by atoms with E-state index < -0.39 is 0 Å². The first-order valence-corrected chi connectivity index (χ1v) is 6.70. The maximum atomic E-state index is 12.1. The lowest BCUT2D eigenvalue weighted by atomic mass is 10.1. The molecule has 0 fully saturated rings. The van der Waals surface area contributed by atoms with Crippen molar-refractivity contribution in [1.29, 1.82) is 0 Å². The van der Waals surface area contributed by atoms with Crippen molar-refractivity contribution >= 4 is 17.5 Å². The molecule has 1 N–H and O–H groups in total. The van der Waals surface area contributed by atoms with Crippen molar-refractivity contribution in [2.75, 3.05) is 20.8 Å². The van der Waals surface area contributed by atoms with Gasteiger partial charge in [0.05, 0.1) is 25.2 Å². The number of hydrogen-bond donors (Lipinski definition) is 1. The zero-order valence-electron chi connectivity index (χ0n) is 11.5. The number of benzene rings is 1. The molecular weight excluding hydrogens is 266 g/mol. The first-order valence-electron chi connectivity index (χ1n) is 6.26. The molecule has 4 nitrogen and oxygen atoms in total. The van der Waals surface area contributed by atoms with Crippen molar-refractivity contribution in [3.05, 3.63) is 23.8 Å². The number of nitrogens with one attached hydrogen (secondary N) is 1. The second-order valence-corrected chi connectivity index (χ2v) is 4.78. The van der Waals surface area contributed by atoms with Gasteiger partial charge in [-0.15, -0.1) is 11.6 Å². The summed E-state index contributed by atoms with van der Waals surface area (Å²) < 4.78 is 10.3. The predicted octanol–water partition coefficient (Wildman–Crippen LogP) is 2.84. The van der Waals surface area contributed by atoms with Crippen LogP contribution in [0.15, 0.2) is 18.2 Å². The lowest BCUT2D eigenvalue weighted by molar-refractivity contribution is 0.0950. The van der Waals surface area contributed by atoms with Crippen LogP contribution in [0.5, 0.6) is 11.5 Å². The van der Waals surface area contributed by atoms with E-state index in [9.17, 15) is 4.79 Å². The van der Waals surface area contributed by atoms with Crippen LogP contribution in [-0.4, -0.2) is 32.0 Å². The van der Waals surface area contributed by atoms with E-state index in [1.807, 2.05) is 0 Å². The molecule has 0 aliphatic rings. The number of ether oxygens (including phenoxy) is 2. The summed E-state index contributed by atoms with van der Waals surface area (Å²) in [5.41, 5.74) is 0.446. The first kappa shape index (κ1) is 15.6. The SMILES string of the molecule is CCCC(Cl)CNC(=O)c1cc(OC)ccc1OC. The second-order valence-electron chi connectivity index (χ2n) is 4.16. The molecule has 1 unspecified atom stereocenters. The smallest absolute Gasteiger partial charge is 0.255 e. The van der Waals surface area contributed by atoms with Gasteiger partial charge in [-0.2, -0.15) is 0 Å². The molecule has 0 aliphatic carbocycles. The Morgan fingerprint density at radius 3 is 2.68 bits per heavy atom. The minimum atomic E-state index is -0.211. The fourth-order valence-electron chi connectivity index (χ4n) is 1.71. The van der Waals surface area contributed by atoms with Crippen LogP contribution < -0.4 is 14.8 Å². The molecule has 0 saturated carbocycles. The normalized spacial score (nSPS) is 11.8. The predicted molar refractivity (Wildman–Crippen MR) is 76.4 cm³/mol. The van der Waals surface area contributed by atoms with Crippen molar-refractivity contribution in [3.63, 3.8) is 0 Å². The molecule has 19 heavy (non-hydrogen) atoms. The molecule has 5 heteroatoms. The zero-order chi connectivity index (χ0) is 14.3. The maximum absolute atomic E-state index is 12.1. The zero-order valence-corrected chi connectivity index (χ0v) is 12.3. The summed E-state index contributed by atoms with van der Waals surface area (Å²) in [6, 6.07) is 5.10. The highest BCUT2D eigenvalue weighted by molar-refractivity contribution is 6.20. The van der Waals surface area contributed by atoms with Gasteiger partial charge in [-0.3, -0.25) is 4.79 Å². The molecule has 1 amide bonds. The van der Waals surface area contributed by atoms with Crippen molar-refractivity contribution in [1.82, 2.24) is 5.32 Å². The Labute approximate surface area is 119 Å². The topological polar surface area (TPSA) is 47.6 Å². The molecule has 0 bridgehead atoms. The Morgan fingerprint density at radius 2 is 2.11 bits per heavy atom. The lowest BCUT2D eigenvalue weighted by Gasteiger charge is -2.12. The number of carbonyl (C=O) groups is 1. The van der Waals surface area contributed by atoms with Gasteiger partial charge in [0.2, 0.25) is 0 Å². The highest BCUT2D eigenvalue weighted by atomic mass is 35.5. The molecule has 106 valence electrons. The van der Waals surface area contributed by atoms with Gasteiger partial charge in [0.25, 0.3) is 5.91 Å². The van der Waals surface area contributed by atoms with Gasteiger partial charge in [-0.05, 0) is 24.6 Å². The van der Waals surface area contributed by atoms with E-state index >= 15 is 0 Å². The van der Waals surface area contributed by atoms with E-state index in [1.54, 1.807) is 25.3 Å². The molecule has 0 saturated heterocycles. The third-order valence-electron chi connectivity index (χ3n) is 2.74. The van der Waals surface area contributed by atoms with E-state index in [-0.39, 0.29) is 11.3 Å². The molecule has 1 aromatic carbocycles. The Bertz CT molecular complexity index is 423. The average Bonchev–Trinajstić information content (AvgIpc) is 2.44. The van der Waals surface area contributed by atoms with E-state index in [0.29, 0.717) is 23.6 Å². The summed E-state index contributed by atoms with van der Waals surface area (Å²) in [4.78, 5) is 12.1.